The minimum Gasteiger partial charge on any atom is -0.355 e. The number of rotatable bonds is 10. The molecule has 0 saturated heterocycles. The van der Waals surface area contributed by atoms with Crippen LogP contribution in [0.25, 0.3) is 0 Å². The Balaban J connectivity index is 1.62. The van der Waals surface area contributed by atoms with Gasteiger partial charge in [-0.25, -0.2) is 17.1 Å². The molecule has 4 rings (SSSR count). The highest BCUT2D eigenvalue weighted by Crippen LogP contribution is 2.30. The number of nitrogens with zero attached hydrogens (tertiary/aromatic N) is 2. The number of likely N-dealkylation sites (N-methyl/N-ethyl adjacent to an activating group) is 1. The van der Waals surface area contributed by atoms with Crippen LogP contribution in [0.1, 0.15) is 34.8 Å². The van der Waals surface area contributed by atoms with Crippen LogP contribution in [0.15, 0.2) is 83.8 Å². The molecule has 1 aliphatic rings. The van der Waals surface area contributed by atoms with Gasteiger partial charge in [0.25, 0.3) is 15.9 Å². The van der Waals surface area contributed by atoms with E-state index in [2.05, 4.69) is 5.32 Å². The molecule has 198 valence electrons. The second-order valence-electron chi connectivity index (χ2n) is 8.88. The smallest absolute Gasteiger partial charge is 0.269 e. The van der Waals surface area contributed by atoms with Crippen molar-refractivity contribution in [2.24, 2.45) is 0 Å². The van der Waals surface area contributed by atoms with Crippen LogP contribution in [0.3, 0.4) is 0 Å². The van der Waals surface area contributed by atoms with Gasteiger partial charge in [0.2, 0.25) is 11.8 Å². The maximum Gasteiger partial charge on any atom is 0.269 e. The second-order valence-corrected chi connectivity index (χ2v) is 10.7. The Hall–Kier alpha value is -4.05. The molecule has 0 aromatic heterocycles. The van der Waals surface area contributed by atoms with Gasteiger partial charge in [-0.1, -0.05) is 54.6 Å². The largest absolute Gasteiger partial charge is 0.355 e. The van der Waals surface area contributed by atoms with Crippen molar-refractivity contribution in [1.82, 2.24) is 14.5 Å². The van der Waals surface area contributed by atoms with Gasteiger partial charge in [0.05, 0.1) is 5.56 Å². The zero-order chi connectivity index (χ0) is 27.3. The quantitative estimate of drug-likeness (QED) is 0.428. The van der Waals surface area contributed by atoms with Gasteiger partial charge in [-0.3, -0.25) is 14.4 Å². The fraction of sp³-hybridized carbons (Fsp3) is 0.250. The molecule has 1 N–H and O–H groups in total. The lowest BCUT2D eigenvalue weighted by Crippen LogP contribution is -2.51. The molecule has 3 aromatic carbocycles. The molecular formula is C28H28FN3O5S. The molecule has 3 amide bonds. The standard InChI is InChI=1S/C28H28FN3O5S/c1-2-30-27(34)24(18-20-8-4-3-5-9-20)31(19-21-12-14-22(29)15-13-21)26(33)16-17-32-28(35)23-10-6-7-11-25(23)38(32,36)37/h3-15,24H,2,16-19H2,1H3,(H,30,34). The minimum absolute atomic E-state index is 0.00529. The molecule has 3 aromatic rings. The average Bonchev–Trinajstić information content (AvgIpc) is 3.11. The topological polar surface area (TPSA) is 104 Å². The van der Waals surface area contributed by atoms with Crippen molar-refractivity contribution < 1.29 is 27.2 Å². The summed E-state index contributed by atoms with van der Waals surface area (Å²) in [7, 11) is -4.08. The molecule has 38 heavy (non-hydrogen) atoms. The van der Waals surface area contributed by atoms with Crippen LogP contribution in [-0.2, 0) is 32.6 Å². The first-order valence-electron chi connectivity index (χ1n) is 12.2. The first kappa shape index (κ1) is 27.0. The molecule has 1 unspecified atom stereocenters. The van der Waals surface area contributed by atoms with E-state index in [1.54, 1.807) is 13.0 Å². The lowest BCUT2D eigenvalue weighted by Gasteiger charge is -2.32. The predicted octanol–water partition coefficient (Wildman–Crippen LogP) is 3.14. The first-order chi connectivity index (χ1) is 18.2. The summed E-state index contributed by atoms with van der Waals surface area (Å²) in [6, 6.07) is 19.8. The van der Waals surface area contributed by atoms with E-state index in [-0.39, 0.29) is 42.3 Å². The van der Waals surface area contributed by atoms with Crippen molar-refractivity contribution >= 4 is 27.7 Å². The summed E-state index contributed by atoms with van der Waals surface area (Å²) < 4.78 is 40.1. The fourth-order valence-electron chi connectivity index (χ4n) is 4.43. The Bertz CT molecular complexity index is 1430. The third-order valence-electron chi connectivity index (χ3n) is 6.33. The Morgan fingerprint density at radius 1 is 0.947 bits per heavy atom. The number of carbonyl (C=O) groups excluding carboxylic acids is 3. The number of sulfonamides is 1. The van der Waals surface area contributed by atoms with Crippen LogP contribution in [0.2, 0.25) is 0 Å². The highest BCUT2D eigenvalue weighted by Gasteiger charge is 2.41. The molecule has 8 nitrogen and oxygen atoms in total. The van der Waals surface area contributed by atoms with Gasteiger partial charge >= 0.3 is 0 Å². The fourth-order valence-corrected chi connectivity index (χ4v) is 6.00. The van der Waals surface area contributed by atoms with Gasteiger partial charge in [-0.15, -0.1) is 0 Å². The molecule has 0 aliphatic carbocycles. The molecule has 10 heteroatoms. The van der Waals surface area contributed by atoms with Crippen molar-refractivity contribution in [3.05, 3.63) is 101 Å². The van der Waals surface area contributed by atoms with Gasteiger partial charge in [-0.2, -0.15) is 0 Å². The monoisotopic (exact) mass is 537 g/mol. The zero-order valence-corrected chi connectivity index (χ0v) is 21.7. The summed E-state index contributed by atoms with van der Waals surface area (Å²) in [5.74, 6) is -2.01. The van der Waals surface area contributed by atoms with E-state index >= 15 is 0 Å². The van der Waals surface area contributed by atoms with Gasteiger partial charge < -0.3 is 10.2 Å². The van der Waals surface area contributed by atoms with Crippen LogP contribution in [0.4, 0.5) is 4.39 Å². The van der Waals surface area contributed by atoms with Crippen LogP contribution < -0.4 is 5.32 Å². The summed E-state index contributed by atoms with van der Waals surface area (Å²) >= 11 is 0. The number of hydrogen-bond donors (Lipinski definition) is 1. The average molecular weight is 538 g/mol. The van der Waals surface area contributed by atoms with Crippen molar-refractivity contribution in [1.29, 1.82) is 0 Å². The van der Waals surface area contributed by atoms with Crippen molar-refractivity contribution in [3.63, 3.8) is 0 Å². The van der Waals surface area contributed by atoms with E-state index in [0.717, 1.165) is 5.56 Å². The Labute approximate surface area is 221 Å². The van der Waals surface area contributed by atoms with Gasteiger partial charge in [0.1, 0.15) is 16.8 Å². The number of fused-ring (bicyclic) bond motifs is 1. The molecule has 0 radical (unpaired) electrons. The maximum absolute atomic E-state index is 13.6. The molecule has 0 fully saturated rings. The molecule has 1 aliphatic heterocycles. The molecule has 0 bridgehead atoms. The van der Waals surface area contributed by atoms with Crippen LogP contribution >= 0.6 is 0 Å². The van der Waals surface area contributed by atoms with E-state index in [1.165, 1.54) is 47.4 Å². The van der Waals surface area contributed by atoms with E-state index in [1.807, 2.05) is 30.3 Å². The SMILES string of the molecule is CCNC(=O)C(Cc1ccccc1)N(Cc1ccc(F)cc1)C(=O)CCN1C(=O)c2ccccc2S1(=O)=O. The van der Waals surface area contributed by atoms with Crippen LogP contribution in [0, 0.1) is 5.82 Å². The maximum atomic E-state index is 13.6. The van der Waals surface area contributed by atoms with E-state index < -0.39 is 33.7 Å². The summed E-state index contributed by atoms with van der Waals surface area (Å²) in [6.07, 6.45) is -0.114. The van der Waals surface area contributed by atoms with Crippen molar-refractivity contribution in [2.75, 3.05) is 13.1 Å². The third-order valence-corrected chi connectivity index (χ3v) is 8.17. The van der Waals surface area contributed by atoms with Gasteiger partial charge in [0, 0.05) is 32.5 Å². The molecular weight excluding hydrogens is 509 g/mol. The molecule has 1 heterocycles. The van der Waals surface area contributed by atoms with Crippen LogP contribution in [-0.4, -0.2) is 54.5 Å². The summed E-state index contributed by atoms with van der Waals surface area (Å²) in [5.41, 5.74) is 1.49. The summed E-state index contributed by atoms with van der Waals surface area (Å²) in [4.78, 5) is 40.9. The lowest BCUT2D eigenvalue weighted by atomic mass is 10.0. The minimum atomic E-state index is -4.08. The van der Waals surface area contributed by atoms with Crippen LogP contribution in [0.5, 0.6) is 0 Å². The highest BCUT2D eigenvalue weighted by molar-refractivity contribution is 7.90. The first-order valence-corrected chi connectivity index (χ1v) is 13.7. The van der Waals surface area contributed by atoms with E-state index in [4.69, 9.17) is 0 Å². The van der Waals surface area contributed by atoms with Crippen molar-refractivity contribution in [3.8, 4) is 0 Å². The second kappa shape index (κ2) is 11.6. The van der Waals surface area contributed by atoms with Crippen molar-refractivity contribution in [2.45, 2.75) is 37.2 Å². The molecule has 1 atom stereocenters. The number of hydrogen-bond acceptors (Lipinski definition) is 5. The molecule has 0 saturated carbocycles. The normalized spacial score (nSPS) is 14.6. The molecule has 0 spiro atoms. The van der Waals surface area contributed by atoms with E-state index in [9.17, 15) is 27.2 Å². The third kappa shape index (κ3) is 5.75. The van der Waals surface area contributed by atoms with E-state index in [0.29, 0.717) is 16.4 Å². The van der Waals surface area contributed by atoms with Gasteiger partial charge in [-0.05, 0) is 42.3 Å². The summed E-state index contributed by atoms with van der Waals surface area (Å²) in [6.45, 7) is 1.74. The Morgan fingerprint density at radius 3 is 2.26 bits per heavy atom. The Kier molecular flexibility index (Phi) is 8.21. The summed E-state index contributed by atoms with van der Waals surface area (Å²) in [5, 5.41) is 2.77. The lowest BCUT2D eigenvalue weighted by molar-refractivity contribution is -0.141. The number of halogens is 1. The number of nitrogens with one attached hydrogen (secondary N) is 1. The Morgan fingerprint density at radius 2 is 1.61 bits per heavy atom. The number of benzene rings is 3. The number of amides is 3. The van der Waals surface area contributed by atoms with Gasteiger partial charge in [0.15, 0.2) is 0 Å². The highest BCUT2D eigenvalue weighted by atomic mass is 32.2. The zero-order valence-electron chi connectivity index (χ0n) is 20.8. The predicted molar refractivity (Wildman–Crippen MR) is 139 cm³/mol. The number of carbonyl (C=O) groups is 3.